The lowest BCUT2D eigenvalue weighted by Crippen LogP contribution is -2.17. The largest absolute Gasteiger partial charge is 0.369 e. The lowest BCUT2D eigenvalue weighted by molar-refractivity contribution is 0.718. The van der Waals surface area contributed by atoms with Crippen LogP contribution >= 0.6 is 11.3 Å². The minimum atomic E-state index is 0.853. The van der Waals surface area contributed by atoms with Crippen LogP contribution in [0.4, 0.5) is 5.69 Å². The zero-order valence-corrected chi connectivity index (χ0v) is 12.6. The van der Waals surface area contributed by atoms with Crippen LogP contribution in [0.25, 0.3) is 0 Å². The van der Waals surface area contributed by atoms with Crippen molar-refractivity contribution in [2.75, 3.05) is 18.5 Å². The van der Waals surface area contributed by atoms with Crippen molar-refractivity contribution in [3.63, 3.8) is 0 Å². The highest BCUT2D eigenvalue weighted by atomic mass is 32.1. The van der Waals surface area contributed by atoms with Crippen molar-refractivity contribution in [3.8, 4) is 0 Å². The van der Waals surface area contributed by atoms with Crippen LogP contribution < -0.4 is 10.2 Å². The monoisotopic (exact) mass is 275 g/mol. The summed E-state index contributed by atoms with van der Waals surface area (Å²) in [5.74, 6) is 0. The molecule has 0 bridgehead atoms. The Balaban J connectivity index is 1.96. The number of nitrogens with one attached hydrogen (secondary N) is 1. The van der Waals surface area contributed by atoms with E-state index in [2.05, 4.69) is 65.7 Å². The maximum absolute atomic E-state index is 4.65. The molecule has 1 aromatic carbocycles. The van der Waals surface area contributed by atoms with E-state index in [1.807, 2.05) is 0 Å². The molecule has 0 radical (unpaired) electrons. The topological polar surface area (TPSA) is 28.2 Å². The quantitative estimate of drug-likeness (QED) is 0.877. The molecule has 0 fully saturated rings. The van der Waals surface area contributed by atoms with Crippen LogP contribution in [0.3, 0.4) is 0 Å². The fraction of sp³-hybridized carbons (Fsp3) is 0.400. The van der Waals surface area contributed by atoms with Crippen LogP contribution in [-0.4, -0.2) is 18.6 Å². The van der Waals surface area contributed by atoms with Gasteiger partial charge in [-0.15, -0.1) is 11.3 Å². The SMILES string of the molecule is CCNCc1nc(CN(C)c2ccc(C)cc2)cs1. The lowest BCUT2D eigenvalue weighted by atomic mass is 10.2. The van der Waals surface area contributed by atoms with Gasteiger partial charge in [0.25, 0.3) is 0 Å². The van der Waals surface area contributed by atoms with Gasteiger partial charge in [0.2, 0.25) is 0 Å². The van der Waals surface area contributed by atoms with Crippen LogP contribution in [0.2, 0.25) is 0 Å². The van der Waals surface area contributed by atoms with E-state index >= 15 is 0 Å². The Labute approximate surface area is 119 Å². The molecule has 1 heterocycles. The summed E-state index contributed by atoms with van der Waals surface area (Å²) in [7, 11) is 2.11. The van der Waals surface area contributed by atoms with Crippen molar-refractivity contribution >= 4 is 17.0 Å². The van der Waals surface area contributed by atoms with Gasteiger partial charge in [0, 0.05) is 24.7 Å². The Morgan fingerprint density at radius 1 is 1.26 bits per heavy atom. The third-order valence-corrected chi connectivity index (χ3v) is 3.90. The van der Waals surface area contributed by atoms with Gasteiger partial charge >= 0.3 is 0 Å². The van der Waals surface area contributed by atoms with Crippen molar-refractivity contribution in [1.82, 2.24) is 10.3 Å². The maximum Gasteiger partial charge on any atom is 0.107 e. The van der Waals surface area contributed by atoms with Gasteiger partial charge in [0.05, 0.1) is 12.2 Å². The van der Waals surface area contributed by atoms with Gasteiger partial charge in [0.15, 0.2) is 0 Å². The van der Waals surface area contributed by atoms with Gasteiger partial charge in [-0.3, -0.25) is 0 Å². The fourth-order valence-corrected chi connectivity index (χ4v) is 2.62. The third-order valence-electron chi connectivity index (χ3n) is 3.00. The third kappa shape index (κ3) is 4.04. The molecule has 4 heteroatoms. The molecule has 0 aliphatic heterocycles. The molecule has 1 aromatic heterocycles. The van der Waals surface area contributed by atoms with E-state index in [1.165, 1.54) is 11.3 Å². The summed E-state index contributed by atoms with van der Waals surface area (Å²) in [5.41, 5.74) is 3.66. The smallest absolute Gasteiger partial charge is 0.107 e. The predicted molar refractivity (Wildman–Crippen MR) is 82.8 cm³/mol. The van der Waals surface area contributed by atoms with Gasteiger partial charge in [-0.2, -0.15) is 0 Å². The van der Waals surface area contributed by atoms with Gasteiger partial charge in [-0.1, -0.05) is 24.6 Å². The predicted octanol–water partition coefficient (Wildman–Crippen LogP) is 3.20. The minimum Gasteiger partial charge on any atom is -0.369 e. The molecule has 2 rings (SSSR count). The first-order chi connectivity index (χ1) is 9.19. The fourth-order valence-electron chi connectivity index (χ4n) is 1.87. The molecule has 0 aliphatic rings. The van der Waals surface area contributed by atoms with Gasteiger partial charge in [0.1, 0.15) is 5.01 Å². The average Bonchev–Trinajstić information content (AvgIpc) is 2.84. The summed E-state index contributed by atoms with van der Waals surface area (Å²) in [4.78, 5) is 6.87. The Morgan fingerprint density at radius 2 is 2.00 bits per heavy atom. The first-order valence-corrected chi connectivity index (χ1v) is 7.49. The van der Waals surface area contributed by atoms with Crippen molar-refractivity contribution in [2.24, 2.45) is 0 Å². The van der Waals surface area contributed by atoms with Crippen LogP contribution in [0.15, 0.2) is 29.6 Å². The summed E-state index contributed by atoms with van der Waals surface area (Å²) in [6, 6.07) is 8.59. The second-order valence-electron chi connectivity index (χ2n) is 4.70. The highest BCUT2D eigenvalue weighted by Gasteiger charge is 2.06. The molecular formula is C15H21N3S. The molecule has 3 nitrogen and oxygen atoms in total. The van der Waals surface area contributed by atoms with Crippen molar-refractivity contribution in [2.45, 2.75) is 26.9 Å². The summed E-state index contributed by atoms with van der Waals surface area (Å²) < 4.78 is 0. The molecule has 0 aliphatic carbocycles. The first-order valence-electron chi connectivity index (χ1n) is 6.61. The standard InChI is InChI=1S/C15H21N3S/c1-4-16-9-15-17-13(11-19-15)10-18(3)14-7-5-12(2)6-8-14/h5-8,11,16H,4,9-10H2,1-3H3. The second kappa shape index (κ2) is 6.68. The van der Waals surface area contributed by atoms with E-state index in [9.17, 15) is 0 Å². The van der Waals surface area contributed by atoms with Crippen LogP contribution in [0, 0.1) is 6.92 Å². The number of benzene rings is 1. The van der Waals surface area contributed by atoms with Crippen LogP contribution in [0.5, 0.6) is 0 Å². The zero-order chi connectivity index (χ0) is 13.7. The Bertz CT molecular complexity index is 504. The van der Waals surface area contributed by atoms with Gasteiger partial charge < -0.3 is 10.2 Å². The van der Waals surface area contributed by atoms with E-state index in [4.69, 9.17) is 0 Å². The zero-order valence-electron chi connectivity index (χ0n) is 11.8. The minimum absolute atomic E-state index is 0.853. The molecule has 0 unspecified atom stereocenters. The maximum atomic E-state index is 4.65. The van der Waals surface area contributed by atoms with Gasteiger partial charge in [-0.25, -0.2) is 4.98 Å². The lowest BCUT2D eigenvalue weighted by Gasteiger charge is -2.18. The highest BCUT2D eigenvalue weighted by molar-refractivity contribution is 7.09. The van der Waals surface area contributed by atoms with Crippen LogP contribution in [-0.2, 0) is 13.1 Å². The Morgan fingerprint density at radius 3 is 2.68 bits per heavy atom. The first kappa shape index (κ1) is 14.0. The van der Waals surface area contributed by atoms with E-state index < -0.39 is 0 Å². The average molecular weight is 275 g/mol. The molecule has 2 aromatic rings. The molecular weight excluding hydrogens is 254 g/mol. The Kier molecular flexibility index (Phi) is 4.93. The molecule has 1 N–H and O–H groups in total. The van der Waals surface area contributed by atoms with Crippen molar-refractivity contribution in [3.05, 3.63) is 45.9 Å². The van der Waals surface area contributed by atoms with Crippen molar-refractivity contribution in [1.29, 1.82) is 0 Å². The molecule has 0 atom stereocenters. The second-order valence-corrected chi connectivity index (χ2v) is 5.65. The highest BCUT2D eigenvalue weighted by Crippen LogP contribution is 2.17. The van der Waals surface area contributed by atoms with E-state index in [0.717, 1.165) is 30.3 Å². The number of nitrogens with zero attached hydrogens (tertiary/aromatic N) is 2. The summed E-state index contributed by atoms with van der Waals surface area (Å²) in [6.07, 6.45) is 0. The number of anilines is 1. The van der Waals surface area contributed by atoms with Crippen LogP contribution in [0.1, 0.15) is 23.2 Å². The normalized spacial score (nSPS) is 10.7. The summed E-state index contributed by atoms with van der Waals surface area (Å²) >= 11 is 1.73. The molecule has 102 valence electrons. The van der Waals surface area contributed by atoms with E-state index in [1.54, 1.807) is 11.3 Å². The number of rotatable bonds is 6. The summed E-state index contributed by atoms with van der Waals surface area (Å²) in [5, 5.41) is 6.61. The number of hydrogen-bond donors (Lipinski definition) is 1. The van der Waals surface area contributed by atoms with Gasteiger partial charge in [-0.05, 0) is 25.6 Å². The molecule has 19 heavy (non-hydrogen) atoms. The molecule has 0 amide bonds. The Hall–Kier alpha value is -1.39. The number of aromatic nitrogens is 1. The number of hydrogen-bond acceptors (Lipinski definition) is 4. The molecule has 0 saturated carbocycles. The van der Waals surface area contributed by atoms with E-state index in [0.29, 0.717) is 0 Å². The molecule has 0 spiro atoms. The molecule has 0 saturated heterocycles. The van der Waals surface area contributed by atoms with E-state index in [-0.39, 0.29) is 0 Å². The summed E-state index contributed by atoms with van der Waals surface area (Å²) in [6.45, 7) is 6.93. The number of thiazole rings is 1. The van der Waals surface area contributed by atoms with Crippen molar-refractivity contribution < 1.29 is 0 Å². The number of aryl methyl sites for hydroxylation is 1.